The minimum Gasteiger partial charge on any atom is -0.496 e. The Morgan fingerprint density at radius 3 is 1.96 bits per heavy atom. The van der Waals surface area contributed by atoms with Crippen molar-refractivity contribution in [3.8, 4) is 23.0 Å². The highest BCUT2D eigenvalue weighted by Gasteiger charge is 2.23. The molecule has 0 amide bonds. The number of methoxy groups -OCH3 is 4. The van der Waals surface area contributed by atoms with Crippen molar-refractivity contribution in [2.24, 2.45) is 5.16 Å². The molecule has 0 fully saturated rings. The quantitative estimate of drug-likeness (QED) is 0.376. The summed E-state index contributed by atoms with van der Waals surface area (Å²) in [5.74, 6) is 2.66. The van der Waals surface area contributed by atoms with E-state index in [4.69, 9.17) is 23.8 Å². The number of hydrogen-bond acceptors (Lipinski definition) is 6. The van der Waals surface area contributed by atoms with Gasteiger partial charge in [0.2, 0.25) is 0 Å². The summed E-state index contributed by atoms with van der Waals surface area (Å²) >= 11 is 0. The Labute approximate surface area is 154 Å². The highest BCUT2D eigenvalue weighted by molar-refractivity contribution is 6.12. The minimum atomic E-state index is 0.563. The Bertz CT molecular complexity index is 786. The van der Waals surface area contributed by atoms with E-state index in [9.17, 15) is 0 Å². The molecular formula is C20H27NO5. The first-order valence-corrected chi connectivity index (χ1v) is 8.65. The maximum absolute atomic E-state index is 5.76. The molecule has 6 nitrogen and oxygen atoms in total. The monoisotopic (exact) mass is 361 g/mol. The summed E-state index contributed by atoms with van der Waals surface area (Å²) in [6.07, 6.45) is 1.57. The van der Waals surface area contributed by atoms with Crippen LogP contribution in [0, 0.1) is 0 Å². The maximum atomic E-state index is 5.76. The van der Waals surface area contributed by atoms with Crippen LogP contribution in [0.5, 0.6) is 23.0 Å². The third-order valence-corrected chi connectivity index (χ3v) is 4.10. The van der Waals surface area contributed by atoms with Gasteiger partial charge in [0.15, 0.2) is 0 Å². The van der Waals surface area contributed by atoms with E-state index in [0.29, 0.717) is 36.0 Å². The highest BCUT2D eigenvalue weighted by Crippen LogP contribution is 2.46. The van der Waals surface area contributed by atoms with E-state index < -0.39 is 0 Å². The average molecular weight is 361 g/mol. The van der Waals surface area contributed by atoms with E-state index in [1.54, 1.807) is 28.4 Å². The topological polar surface area (TPSA) is 58.5 Å². The van der Waals surface area contributed by atoms with Gasteiger partial charge in [-0.3, -0.25) is 0 Å². The molecule has 2 aromatic rings. The average Bonchev–Trinajstić information content (AvgIpc) is 2.69. The van der Waals surface area contributed by atoms with Crippen LogP contribution in [0.4, 0.5) is 0 Å². The van der Waals surface area contributed by atoms with Crippen molar-refractivity contribution in [2.45, 2.75) is 26.7 Å². The second-order valence-electron chi connectivity index (χ2n) is 5.60. The van der Waals surface area contributed by atoms with Crippen molar-refractivity contribution in [3.63, 3.8) is 0 Å². The Hall–Kier alpha value is -2.63. The number of fused-ring (bicyclic) bond motifs is 1. The zero-order valence-electron chi connectivity index (χ0n) is 16.3. The van der Waals surface area contributed by atoms with Gasteiger partial charge in [-0.1, -0.05) is 19.0 Å². The molecule has 142 valence electrons. The first-order chi connectivity index (χ1) is 12.7. The van der Waals surface area contributed by atoms with Crippen LogP contribution in [0.2, 0.25) is 0 Å². The Kier molecular flexibility index (Phi) is 6.95. The highest BCUT2D eigenvalue weighted by atomic mass is 16.6. The molecule has 0 atom stereocenters. The van der Waals surface area contributed by atoms with Crippen LogP contribution in [0.25, 0.3) is 10.8 Å². The molecule has 0 unspecified atom stereocenters. The van der Waals surface area contributed by atoms with Gasteiger partial charge in [0.25, 0.3) is 0 Å². The van der Waals surface area contributed by atoms with Gasteiger partial charge in [-0.25, -0.2) is 0 Å². The molecule has 0 radical (unpaired) electrons. The Morgan fingerprint density at radius 1 is 0.846 bits per heavy atom. The second kappa shape index (κ2) is 9.17. The summed E-state index contributed by atoms with van der Waals surface area (Å²) in [6.45, 7) is 4.62. The number of benzene rings is 2. The zero-order valence-corrected chi connectivity index (χ0v) is 16.3. The number of nitrogens with zero attached hydrogens (tertiary/aromatic N) is 1. The lowest BCUT2D eigenvalue weighted by molar-refractivity contribution is 0.144. The number of oxime groups is 1. The van der Waals surface area contributed by atoms with Gasteiger partial charge in [0.05, 0.1) is 44.9 Å². The molecule has 0 heterocycles. The van der Waals surface area contributed by atoms with Crippen molar-refractivity contribution in [3.05, 3.63) is 23.8 Å². The number of ether oxygens (including phenoxy) is 4. The third kappa shape index (κ3) is 3.64. The molecule has 0 spiro atoms. The molecule has 2 aromatic carbocycles. The fraction of sp³-hybridized carbons (Fsp3) is 0.450. The van der Waals surface area contributed by atoms with Crippen LogP contribution in [-0.4, -0.2) is 40.8 Å². The lowest BCUT2D eigenvalue weighted by Gasteiger charge is -2.19. The predicted molar refractivity (Wildman–Crippen MR) is 103 cm³/mol. The van der Waals surface area contributed by atoms with Gasteiger partial charge in [-0.2, -0.15) is 0 Å². The van der Waals surface area contributed by atoms with Crippen molar-refractivity contribution in [1.29, 1.82) is 0 Å². The van der Waals surface area contributed by atoms with Crippen LogP contribution in [-0.2, 0) is 4.84 Å². The second-order valence-corrected chi connectivity index (χ2v) is 5.60. The first kappa shape index (κ1) is 19.7. The van der Waals surface area contributed by atoms with Crippen LogP contribution >= 0.6 is 0 Å². The summed E-state index contributed by atoms with van der Waals surface area (Å²) < 4.78 is 22.5. The molecule has 0 aliphatic rings. The van der Waals surface area contributed by atoms with Crippen molar-refractivity contribution in [2.75, 3.05) is 35.0 Å². The summed E-state index contributed by atoms with van der Waals surface area (Å²) in [6, 6.07) is 5.60. The predicted octanol–water partition coefficient (Wildman–Crippen LogP) is 4.41. The van der Waals surface area contributed by atoms with Gasteiger partial charge < -0.3 is 23.8 Å². The Morgan fingerprint density at radius 2 is 1.46 bits per heavy atom. The molecule has 0 saturated carbocycles. The van der Waals surface area contributed by atoms with Crippen molar-refractivity contribution < 1.29 is 23.8 Å². The standard InChI is InChI=1S/C20H27NO5/c1-7-11-26-21-14(8-2)13-12-17(24-5)18-15(22-3)9-10-16(23-4)19(18)20(13)25-6/h9-10,12H,7-8,11H2,1-6H3. The molecule has 0 N–H and O–H groups in total. The van der Waals surface area contributed by atoms with E-state index in [-0.39, 0.29) is 0 Å². The van der Waals surface area contributed by atoms with Crippen LogP contribution in [0.15, 0.2) is 23.4 Å². The normalized spacial score (nSPS) is 11.4. The van der Waals surface area contributed by atoms with E-state index >= 15 is 0 Å². The molecule has 2 rings (SSSR count). The maximum Gasteiger partial charge on any atom is 0.140 e. The fourth-order valence-corrected chi connectivity index (χ4v) is 2.88. The van der Waals surface area contributed by atoms with Gasteiger partial charge in [-0.05, 0) is 31.0 Å². The molecule has 0 aliphatic heterocycles. The van der Waals surface area contributed by atoms with Crippen LogP contribution in [0.1, 0.15) is 32.3 Å². The molecule has 26 heavy (non-hydrogen) atoms. The van der Waals surface area contributed by atoms with E-state index in [1.165, 1.54) is 0 Å². The lowest BCUT2D eigenvalue weighted by Crippen LogP contribution is -2.06. The zero-order chi connectivity index (χ0) is 19.1. The largest absolute Gasteiger partial charge is 0.496 e. The summed E-state index contributed by atoms with van der Waals surface area (Å²) in [7, 11) is 6.50. The molecule has 0 saturated heterocycles. The van der Waals surface area contributed by atoms with Gasteiger partial charge in [0, 0.05) is 5.56 Å². The smallest absolute Gasteiger partial charge is 0.140 e. The number of hydrogen-bond donors (Lipinski definition) is 0. The third-order valence-electron chi connectivity index (χ3n) is 4.10. The summed E-state index contributed by atoms with van der Waals surface area (Å²) in [5, 5.41) is 5.87. The Balaban J connectivity index is 2.86. The fourth-order valence-electron chi connectivity index (χ4n) is 2.88. The van der Waals surface area contributed by atoms with E-state index in [1.807, 2.05) is 32.0 Å². The molecule has 0 bridgehead atoms. The lowest BCUT2D eigenvalue weighted by atomic mass is 9.98. The van der Waals surface area contributed by atoms with Crippen molar-refractivity contribution in [1.82, 2.24) is 0 Å². The molecular weight excluding hydrogens is 334 g/mol. The molecule has 0 aliphatic carbocycles. The number of rotatable bonds is 9. The minimum absolute atomic E-state index is 0.563. The first-order valence-electron chi connectivity index (χ1n) is 8.65. The van der Waals surface area contributed by atoms with Gasteiger partial charge in [-0.15, -0.1) is 0 Å². The van der Waals surface area contributed by atoms with E-state index in [2.05, 4.69) is 5.16 Å². The van der Waals surface area contributed by atoms with Gasteiger partial charge >= 0.3 is 0 Å². The summed E-state index contributed by atoms with van der Waals surface area (Å²) in [4.78, 5) is 5.41. The van der Waals surface area contributed by atoms with E-state index in [0.717, 1.165) is 28.5 Å². The van der Waals surface area contributed by atoms with Crippen molar-refractivity contribution >= 4 is 16.5 Å². The molecule has 6 heteroatoms. The SMILES string of the molecule is CCCON=C(CC)c1cc(OC)c2c(OC)ccc(OC)c2c1OC. The van der Waals surface area contributed by atoms with Crippen LogP contribution < -0.4 is 18.9 Å². The molecule has 0 aromatic heterocycles. The van der Waals surface area contributed by atoms with Gasteiger partial charge in [0.1, 0.15) is 29.6 Å². The summed E-state index contributed by atoms with van der Waals surface area (Å²) in [5.41, 5.74) is 1.59. The van der Waals surface area contributed by atoms with Crippen LogP contribution in [0.3, 0.4) is 0 Å².